The molecule has 1 aliphatic heterocycles. The molecule has 1 aromatic carbocycles. The van der Waals surface area contributed by atoms with E-state index in [4.69, 9.17) is 4.74 Å². The second-order valence-electron chi connectivity index (χ2n) is 6.92. The molecule has 5 heteroatoms. The van der Waals surface area contributed by atoms with Crippen LogP contribution >= 0.6 is 0 Å². The molecule has 0 aliphatic carbocycles. The van der Waals surface area contributed by atoms with Crippen molar-refractivity contribution in [3.05, 3.63) is 29.8 Å². The monoisotopic (exact) mass is 334 g/mol. The van der Waals surface area contributed by atoms with Gasteiger partial charge in [-0.15, -0.1) is 0 Å². The molecule has 5 nitrogen and oxygen atoms in total. The molecule has 1 aliphatic rings. The number of ether oxygens (including phenoxy) is 1. The van der Waals surface area contributed by atoms with Gasteiger partial charge in [0.15, 0.2) is 0 Å². The molecule has 1 saturated heterocycles. The van der Waals surface area contributed by atoms with Crippen LogP contribution in [0.3, 0.4) is 0 Å². The van der Waals surface area contributed by atoms with Gasteiger partial charge in [0.05, 0.1) is 12.0 Å². The third kappa shape index (κ3) is 5.49. The van der Waals surface area contributed by atoms with Crippen LogP contribution in [-0.4, -0.2) is 66.8 Å². The van der Waals surface area contributed by atoms with Gasteiger partial charge < -0.3 is 14.7 Å². The van der Waals surface area contributed by atoms with Crippen LogP contribution in [0, 0.1) is 0 Å². The maximum Gasteiger partial charge on any atom is 0.224 e. The normalized spacial score (nSPS) is 21.5. The Morgan fingerprint density at radius 3 is 2.92 bits per heavy atom. The molecular formula is C19H30N2O3. The molecule has 0 bridgehead atoms. The van der Waals surface area contributed by atoms with E-state index in [1.165, 1.54) is 5.56 Å². The molecular weight excluding hydrogens is 304 g/mol. The minimum absolute atomic E-state index is 0.0213. The first-order chi connectivity index (χ1) is 11.4. The van der Waals surface area contributed by atoms with Gasteiger partial charge in [-0.2, -0.15) is 0 Å². The van der Waals surface area contributed by atoms with E-state index in [1.54, 1.807) is 19.0 Å². The number of aliphatic hydroxyl groups is 1. The molecule has 134 valence electrons. The number of rotatable bonds is 7. The molecule has 0 spiro atoms. The van der Waals surface area contributed by atoms with Crippen molar-refractivity contribution in [2.45, 2.75) is 38.2 Å². The fourth-order valence-electron chi connectivity index (χ4n) is 3.13. The minimum atomic E-state index is -0.915. The molecule has 1 N–H and O–H groups in total. The van der Waals surface area contributed by atoms with Crippen molar-refractivity contribution in [2.75, 3.05) is 40.3 Å². The zero-order chi connectivity index (χ0) is 17.6. The number of carbonyl (C=O) groups is 1. The van der Waals surface area contributed by atoms with Crippen LogP contribution in [0.4, 0.5) is 0 Å². The number of hydrogen-bond donors (Lipinski definition) is 1. The molecule has 1 unspecified atom stereocenters. The SMILES string of the molecule is CCc1cccc(OCCN2CCCC(O)(CC(=O)N(C)C)C2)c1. The van der Waals surface area contributed by atoms with E-state index in [9.17, 15) is 9.90 Å². The Bertz CT molecular complexity index is 547. The molecule has 0 aromatic heterocycles. The Morgan fingerprint density at radius 2 is 2.21 bits per heavy atom. The van der Waals surface area contributed by atoms with Crippen LogP contribution < -0.4 is 4.74 Å². The summed E-state index contributed by atoms with van der Waals surface area (Å²) in [5, 5.41) is 10.7. The molecule has 0 radical (unpaired) electrons. The van der Waals surface area contributed by atoms with Crippen molar-refractivity contribution in [3.63, 3.8) is 0 Å². The minimum Gasteiger partial charge on any atom is -0.492 e. The van der Waals surface area contributed by atoms with Crippen molar-refractivity contribution in [1.29, 1.82) is 0 Å². The summed E-state index contributed by atoms with van der Waals surface area (Å²) in [4.78, 5) is 15.6. The van der Waals surface area contributed by atoms with Gasteiger partial charge >= 0.3 is 0 Å². The molecule has 2 rings (SSSR count). The van der Waals surface area contributed by atoms with Crippen molar-refractivity contribution in [3.8, 4) is 5.75 Å². The summed E-state index contributed by atoms with van der Waals surface area (Å²) in [7, 11) is 3.45. The van der Waals surface area contributed by atoms with E-state index in [0.29, 0.717) is 19.6 Å². The fourth-order valence-corrected chi connectivity index (χ4v) is 3.13. The standard InChI is InChI=1S/C19H30N2O3/c1-4-16-7-5-8-17(13-16)24-12-11-21-10-6-9-19(23,15-21)14-18(22)20(2)3/h5,7-8,13,23H,4,6,9-12,14-15H2,1-3H3. The van der Waals surface area contributed by atoms with Crippen LogP contribution in [0.15, 0.2) is 24.3 Å². The Hall–Kier alpha value is -1.59. The van der Waals surface area contributed by atoms with Gasteiger partial charge in [-0.3, -0.25) is 9.69 Å². The van der Waals surface area contributed by atoms with E-state index in [1.807, 2.05) is 12.1 Å². The number of piperidine rings is 1. The van der Waals surface area contributed by atoms with Gasteiger partial charge in [-0.05, 0) is 43.5 Å². The smallest absolute Gasteiger partial charge is 0.224 e. The van der Waals surface area contributed by atoms with Crippen LogP contribution in [0.1, 0.15) is 31.7 Å². The first-order valence-electron chi connectivity index (χ1n) is 8.78. The predicted octanol–water partition coefficient (Wildman–Crippen LogP) is 1.93. The highest BCUT2D eigenvalue weighted by molar-refractivity contribution is 5.76. The topological polar surface area (TPSA) is 53.0 Å². The highest BCUT2D eigenvalue weighted by Gasteiger charge is 2.35. The first-order valence-corrected chi connectivity index (χ1v) is 8.78. The zero-order valence-corrected chi connectivity index (χ0v) is 15.1. The van der Waals surface area contributed by atoms with Gasteiger partial charge in [-0.1, -0.05) is 19.1 Å². The van der Waals surface area contributed by atoms with Crippen molar-refractivity contribution < 1.29 is 14.6 Å². The van der Waals surface area contributed by atoms with Gasteiger partial charge in [0, 0.05) is 27.2 Å². The molecule has 24 heavy (non-hydrogen) atoms. The van der Waals surface area contributed by atoms with Gasteiger partial charge in [0.1, 0.15) is 12.4 Å². The summed E-state index contributed by atoms with van der Waals surface area (Å²) in [6.45, 7) is 4.95. The van der Waals surface area contributed by atoms with Crippen LogP contribution in [0.25, 0.3) is 0 Å². The van der Waals surface area contributed by atoms with E-state index < -0.39 is 5.60 Å². The second-order valence-corrected chi connectivity index (χ2v) is 6.92. The van der Waals surface area contributed by atoms with Crippen molar-refractivity contribution in [1.82, 2.24) is 9.80 Å². The Labute approximate surface area is 145 Å². The van der Waals surface area contributed by atoms with E-state index in [0.717, 1.165) is 31.7 Å². The lowest BCUT2D eigenvalue weighted by Gasteiger charge is -2.39. The number of carbonyl (C=O) groups excluding carboxylic acids is 1. The molecule has 1 heterocycles. The van der Waals surface area contributed by atoms with Gasteiger partial charge in [0.25, 0.3) is 0 Å². The third-order valence-electron chi connectivity index (χ3n) is 4.60. The number of nitrogens with zero attached hydrogens (tertiary/aromatic N) is 2. The number of β-amino-alcohol motifs (C(OH)–C–C–N with tert-alkyl or cyclic N) is 1. The lowest BCUT2D eigenvalue weighted by Crippen LogP contribution is -2.51. The maximum atomic E-state index is 11.9. The van der Waals surface area contributed by atoms with E-state index in [-0.39, 0.29) is 12.3 Å². The predicted molar refractivity (Wildman–Crippen MR) is 95.2 cm³/mol. The fraction of sp³-hybridized carbons (Fsp3) is 0.632. The average molecular weight is 334 g/mol. The van der Waals surface area contributed by atoms with Gasteiger partial charge in [0.2, 0.25) is 5.91 Å². The number of aryl methyl sites for hydroxylation is 1. The van der Waals surface area contributed by atoms with Gasteiger partial charge in [-0.25, -0.2) is 0 Å². The first kappa shape index (κ1) is 18.7. The molecule has 1 amide bonds. The highest BCUT2D eigenvalue weighted by Crippen LogP contribution is 2.25. The number of likely N-dealkylation sites (tertiary alicyclic amines) is 1. The second kappa shape index (κ2) is 8.49. The van der Waals surface area contributed by atoms with Crippen molar-refractivity contribution in [2.24, 2.45) is 0 Å². The Kier molecular flexibility index (Phi) is 6.63. The largest absolute Gasteiger partial charge is 0.492 e. The summed E-state index contributed by atoms with van der Waals surface area (Å²) in [5.74, 6) is 0.872. The van der Waals surface area contributed by atoms with E-state index >= 15 is 0 Å². The number of hydrogen-bond acceptors (Lipinski definition) is 4. The van der Waals surface area contributed by atoms with E-state index in [2.05, 4.69) is 24.0 Å². The Balaban J connectivity index is 1.81. The lowest BCUT2D eigenvalue weighted by atomic mass is 9.89. The summed E-state index contributed by atoms with van der Waals surface area (Å²) in [6, 6.07) is 8.16. The average Bonchev–Trinajstić information content (AvgIpc) is 2.54. The summed E-state index contributed by atoms with van der Waals surface area (Å²) < 4.78 is 5.84. The van der Waals surface area contributed by atoms with Crippen LogP contribution in [0.5, 0.6) is 5.75 Å². The Morgan fingerprint density at radius 1 is 1.42 bits per heavy atom. The van der Waals surface area contributed by atoms with Crippen LogP contribution in [-0.2, 0) is 11.2 Å². The third-order valence-corrected chi connectivity index (χ3v) is 4.60. The molecule has 1 atom stereocenters. The lowest BCUT2D eigenvalue weighted by molar-refractivity contribution is -0.136. The molecule has 1 aromatic rings. The molecule has 1 fully saturated rings. The number of benzene rings is 1. The molecule has 0 saturated carbocycles. The number of amides is 1. The zero-order valence-electron chi connectivity index (χ0n) is 15.1. The summed E-state index contributed by atoms with van der Waals surface area (Å²) in [6.07, 6.45) is 2.77. The summed E-state index contributed by atoms with van der Waals surface area (Å²) in [5.41, 5.74) is 0.351. The highest BCUT2D eigenvalue weighted by atomic mass is 16.5. The maximum absolute atomic E-state index is 11.9. The van der Waals surface area contributed by atoms with Crippen molar-refractivity contribution >= 4 is 5.91 Å². The summed E-state index contributed by atoms with van der Waals surface area (Å²) >= 11 is 0. The quantitative estimate of drug-likeness (QED) is 0.828. The van der Waals surface area contributed by atoms with Crippen LogP contribution in [0.2, 0.25) is 0 Å².